The van der Waals surface area contributed by atoms with Gasteiger partial charge in [0.05, 0.1) is 12.8 Å². The van der Waals surface area contributed by atoms with E-state index in [1.165, 1.54) is 45.0 Å². The molecule has 0 aliphatic carbocycles. The summed E-state index contributed by atoms with van der Waals surface area (Å²) in [6, 6.07) is 9.09. The highest BCUT2D eigenvalue weighted by atomic mass is 32.2. The second kappa shape index (κ2) is 7.62. The molecule has 0 atom stereocenters. The Kier molecular flexibility index (Phi) is 5.05. The summed E-state index contributed by atoms with van der Waals surface area (Å²) in [7, 11) is 1.63. The average molecular weight is 419 g/mol. The van der Waals surface area contributed by atoms with E-state index < -0.39 is 0 Å². The van der Waals surface area contributed by atoms with Crippen molar-refractivity contribution >= 4 is 50.2 Å². The Balaban J connectivity index is 1.42. The molecule has 0 saturated carbocycles. The number of aromatic nitrogens is 5. The Morgan fingerprint density at radius 1 is 1.22 bits per heavy atom. The predicted octanol–water partition coefficient (Wildman–Crippen LogP) is 3.36. The largest absolute Gasteiger partial charge is 0.497 e. The maximum atomic E-state index is 12.1. The number of ether oxygens (including phenoxy) is 1. The summed E-state index contributed by atoms with van der Waals surface area (Å²) >= 11 is 4.34. The van der Waals surface area contributed by atoms with Crippen molar-refractivity contribution in [1.82, 2.24) is 24.8 Å². The first-order valence-electron chi connectivity index (χ1n) is 7.84. The summed E-state index contributed by atoms with van der Waals surface area (Å²) in [6.07, 6.45) is 0. The number of nitrogens with one attached hydrogen (secondary N) is 1. The molecule has 3 heterocycles. The zero-order valence-electron chi connectivity index (χ0n) is 14.4. The number of hydrogen-bond donors (Lipinski definition) is 1. The minimum absolute atomic E-state index is 0.168. The number of benzene rings is 1. The van der Waals surface area contributed by atoms with Gasteiger partial charge in [0.1, 0.15) is 10.8 Å². The summed E-state index contributed by atoms with van der Waals surface area (Å²) in [5, 5.41) is 17.2. The number of nitrogens with zero attached hydrogens (tertiary/aromatic N) is 5. The van der Waals surface area contributed by atoms with E-state index in [9.17, 15) is 4.79 Å². The SMILES string of the molecule is COc1ccc(Nc2nnc(SCc3cc(=O)n4nc(C)sc4n3)s2)cc1. The molecule has 8 nitrogen and oxygen atoms in total. The molecule has 4 aromatic rings. The molecule has 0 bridgehead atoms. The van der Waals surface area contributed by atoms with Crippen LogP contribution in [0.5, 0.6) is 5.75 Å². The van der Waals surface area contributed by atoms with E-state index in [0.29, 0.717) is 21.5 Å². The topological polar surface area (TPSA) is 94.3 Å². The Bertz CT molecular complexity index is 1140. The number of anilines is 2. The van der Waals surface area contributed by atoms with E-state index in [-0.39, 0.29) is 5.56 Å². The number of hydrogen-bond acceptors (Lipinski definition) is 10. The van der Waals surface area contributed by atoms with Crippen LogP contribution in [-0.4, -0.2) is 31.9 Å². The first kappa shape index (κ1) is 17.9. The smallest absolute Gasteiger partial charge is 0.275 e. The highest BCUT2D eigenvalue weighted by molar-refractivity contribution is 8.00. The van der Waals surface area contributed by atoms with Crippen LogP contribution in [0.4, 0.5) is 10.8 Å². The number of thioether (sulfide) groups is 1. The highest BCUT2D eigenvalue weighted by Gasteiger charge is 2.10. The molecule has 11 heteroatoms. The maximum Gasteiger partial charge on any atom is 0.275 e. The van der Waals surface area contributed by atoms with Gasteiger partial charge >= 0.3 is 0 Å². The van der Waals surface area contributed by atoms with Crippen molar-refractivity contribution in [3.8, 4) is 5.75 Å². The van der Waals surface area contributed by atoms with Crippen molar-refractivity contribution in [2.75, 3.05) is 12.4 Å². The van der Waals surface area contributed by atoms with E-state index >= 15 is 0 Å². The van der Waals surface area contributed by atoms with Crippen LogP contribution in [0.1, 0.15) is 10.7 Å². The van der Waals surface area contributed by atoms with Crippen molar-refractivity contribution in [1.29, 1.82) is 0 Å². The maximum absolute atomic E-state index is 12.1. The quantitative estimate of drug-likeness (QED) is 0.477. The highest BCUT2D eigenvalue weighted by Crippen LogP contribution is 2.30. The molecule has 0 unspecified atom stereocenters. The number of aryl methyl sites for hydroxylation is 1. The van der Waals surface area contributed by atoms with Crippen molar-refractivity contribution < 1.29 is 4.74 Å². The van der Waals surface area contributed by atoms with Gasteiger partial charge in [-0.1, -0.05) is 34.4 Å². The third-order valence-corrected chi connectivity index (χ3v) is 6.32. The van der Waals surface area contributed by atoms with Crippen LogP contribution >= 0.6 is 34.4 Å². The predicted molar refractivity (Wildman–Crippen MR) is 108 cm³/mol. The van der Waals surface area contributed by atoms with Gasteiger partial charge in [0.2, 0.25) is 10.1 Å². The molecule has 4 rings (SSSR count). The molecule has 0 saturated heterocycles. The van der Waals surface area contributed by atoms with E-state index in [1.807, 2.05) is 31.2 Å². The van der Waals surface area contributed by atoms with Gasteiger partial charge in [-0.2, -0.15) is 9.61 Å². The Labute approximate surface area is 166 Å². The second-order valence-corrected chi connectivity index (χ2v) is 8.78. The molecule has 1 aromatic carbocycles. The third-order valence-electron chi connectivity index (χ3n) is 3.49. The molecule has 0 fully saturated rings. The summed E-state index contributed by atoms with van der Waals surface area (Å²) in [6.45, 7) is 1.85. The Morgan fingerprint density at radius 2 is 2.04 bits per heavy atom. The molecule has 0 aliphatic heterocycles. The molecular formula is C16H14N6O2S3. The normalized spacial score (nSPS) is 11.0. The summed E-state index contributed by atoms with van der Waals surface area (Å²) in [5.41, 5.74) is 1.44. The fourth-order valence-corrected chi connectivity index (χ4v) is 4.71. The van der Waals surface area contributed by atoms with Crippen molar-refractivity contribution in [2.24, 2.45) is 0 Å². The van der Waals surface area contributed by atoms with Crippen LogP contribution in [0.15, 0.2) is 39.5 Å². The van der Waals surface area contributed by atoms with Gasteiger partial charge in [0.15, 0.2) is 4.34 Å². The van der Waals surface area contributed by atoms with Gasteiger partial charge in [-0.15, -0.1) is 10.2 Å². The molecule has 27 heavy (non-hydrogen) atoms. The summed E-state index contributed by atoms with van der Waals surface area (Å²) in [5.74, 6) is 1.34. The molecule has 0 aliphatic rings. The fraction of sp³-hybridized carbons (Fsp3) is 0.188. The molecule has 0 spiro atoms. The summed E-state index contributed by atoms with van der Waals surface area (Å²) in [4.78, 5) is 17.2. The lowest BCUT2D eigenvalue weighted by atomic mass is 10.3. The van der Waals surface area contributed by atoms with Crippen molar-refractivity contribution in [3.05, 3.63) is 51.4 Å². The molecule has 138 valence electrons. The van der Waals surface area contributed by atoms with Gasteiger partial charge in [0.25, 0.3) is 5.56 Å². The fourth-order valence-electron chi connectivity index (χ4n) is 2.28. The standard InChI is InChI=1S/C16H14N6O2S3/c1-9-21-22-13(23)7-11(18-15(22)26-9)8-25-16-20-19-14(27-16)17-10-3-5-12(24-2)6-4-10/h3-7H,8H2,1-2H3,(H,17,19). The van der Waals surface area contributed by atoms with Gasteiger partial charge in [-0.3, -0.25) is 4.79 Å². The van der Waals surface area contributed by atoms with Crippen LogP contribution in [0.25, 0.3) is 4.96 Å². The number of rotatable bonds is 6. The lowest BCUT2D eigenvalue weighted by molar-refractivity contribution is 0.415. The average Bonchev–Trinajstić information content (AvgIpc) is 3.26. The first-order chi connectivity index (χ1) is 13.1. The minimum Gasteiger partial charge on any atom is -0.497 e. The van der Waals surface area contributed by atoms with Crippen LogP contribution < -0.4 is 15.6 Å². The number of methoxy groups -OCH3 is 1. The zero-order valence-corrected chi connectivity index (χ0v) is 16.8. The van der Waals surface area contributed by atoms with Gasteiger partial charge in [-0.25, -0.2) is 4.98 Å². The van der Waals surface area contributed by atoms with Crippen LogP contribution in [-0.2, 0) is 5.75 Å². The Hall–Kier alpha value is -2.50. The third kappa shape index (κ3) is 4.10. The Morgan fingerprint density at radius 3 is 2.81 bits per heavy atom. The molecule has 0 amide bonds. The molecular weight excluding hydrogens is 404 g/mol. The van der Waals surface area contributed by atoms with Gasteiger partial charge in [-0.05, 0) is 31.2 Å². The van der Waals surface area contributed by atoms with Gasteiger partial charge < -0.3 is 10.1 Å². The lowest BCUT2D eigenvalue weighted by Gasteiger charge is -2.03. The van der Waals surface area contributed by atoms with E-state index in [1.54, 1.807) is 7.11 Å². The monoisotopic (exact) mass is 418 g/mol. The second-order valence-electron chi connectivity index (χ2n) is 5.42. The zero-order chi connectivity index (χ0) is 18.8. The van der Waals surface area contributed by atoms with Crippen LogP contribution in [0, 0.1) is 6.92 Å². The molecule has 0 radical (unpaired) electrons. The van der Waals surface area contributed by atoms with Crippen LogP contribution in [0.3, 0.4) is 0 Å². The lowest BCUT2D eigenvalue weighted by Crippen LogP contribution is -2.15. The number of fused-ring (bicyclic) bond motifs is 1. The minimum atomic E-state index is -0.168. The van der Waals surface area contributed by atoms with E-state index in [4.69, 9.17) is 4.74 Å². The van der Waals surface area contributed by atoms with Crippen molar-refractivity contribution in [2.45, 2.75) is 17.0 Å². The van der Waals surface area contributed by atoms with E-state index in [2.05, 4.69) is 25.6 Å². The molecule has 3 aromatic heterocycles. The van der Waals surface area contributed by atoms with Crippen molar-refractivity contribution in [3.63, 3.8) is 0 Å². The van der Waals surface area contributed by atoms with Gasteiger partial charge in [0, 0.05) is 17.5 Å². The first-order valence-corrected chi connectivity index (χ1v) is 10.5. The summed E-state index contributed by atoms with van der Waals surface area (Å²) < 4.78 is 7.27. The van der Waals surface area contributed by atoms with E-state index in [0.717, 1.165) is 20.8 Å². The molecule has 1 N–H and O–H groups in total. The van der Waals surface area contributed by atoms with Crippen LogP contribution in [0.2, 0.25) is 0 Å².